The van der Waals surface area contributed by atoms with Crippen molar-refractivity contribution in [2.75, 3.05) is 19.5 Å². The number of halogens is 1. The summed E-state index contributed by atoms with van der Waals surface area (Å²) in [5.41, 5.74) is 2.98. The van der Waals surface area contributed by atoms with Gasteiger partial charge in [-0.25, -0.2) is 4.39 Å². The maximum atomic E-state index is 14.8. The Morgan fingerprint density at radius 1 is 1.14 bits per heavy atom. The summed E-state index contributed by atoms with van der Waals surface area (Å²) < 4.78 is 31.0. The lowest BCUT2D eigenvalue weighted by molar-refractivity contribution is 0.102. The molecule has 1 N–H and O–H groups in total. The summed E-state index contributed by atoms with van der Waals surface area (Å²) >= 11 is 1.06. The summed E-state index contributed by atoms with van der Waals surface area (Å²) in [6, 6.07) is 9.88. The zero-order valence-corrected chi connectivity index (χ0v) is 20.9. The Bertz CT molecular complexity index is 1360. The Labute approximate surface area is 211 Å². The van der Waals surface area contributed by atoms with Crippen LogP contribution in [-0.2, 0) is 11.3 Å². The van der Waals surface area contributed by atoms with E-state index in [9.17, 15) is 9.18 Å². The van der Waals surface area contributed by atoms with Gasteiger partial charge in [0, 0.05) is 30.8 Å². The molecule has 0 unspecified atom stereocenters. The first-order valence-electron chi connectivity index (χ1n) is 10.9. The maximum absolute atomic E-state index is 14.8. The van der Waals surface area contributed by atoms with Crippen LogP contribution in [0.2, 0.25) is 0 Å². The van der Waals surface area contributed by atoms with Gasteiger partial charge in [-0.2, -0.15) is 0 Å². The second-order valence-corrected chi connectivity index (χ2v) is 8.71. The van der Waals surface area contributed by atoms with Gasteiger partial charge >= 0.3 is 0 Å². The molecule has 0 bridgehead atoms. The van der Waals surface area contributed by atoms with Crippen molar-refractivity contribution in [2.24, 2.45) is 0 Å². The molecular weight excluding hydrogens is 485 g/mol. The maximum Gasteiger partial charge on any atom is 0.296 e. The van der Waals surface area contributed by atoms with Crippen molar-refractivity contribution in [3.8, 4) is 22.1 Å². The van der Waals surface area contributed by atoms with Crippen molar-refractivity contribution in [2.45, 2.75) is 26.6 Å². The van der Waals surface area contributed by atoms with E-state index in [1.807, 2.05) is 19.1 Å². The topological polar surface area (TPSA) is 108 Å². The smallest absolute Gasteiger partial charge is 0.296 e. The van der Waals surface area contributed by atoms with Gasteiger partial charge in [-0.05, 0) is 55.0 Å². The van der Waals surface area contributed by atoms with E-state index >= 15 is 0 Å². The lowest BCUT2D eigenvalue weighted by Crippen LogP contribution is -2.14. The van der Waals surface area contributed by atoms with E-state index < -0.39 is 11.7 Å². The molecule has 11 heteroatoms. The summed E-state index contributed by atoms with van der Waals surface area (Å²) in [5.74, 6) is -0.728. The van der Waals surface area contributed by atoms with Crippen LogP contribution in [0.3, 0.4) is 0 Å². The fraction of sp³-hybridized carbons (Fsp3) is 0.240. The van der Waals surface area contributed by atoms with Crippen LogP contribution in [0.5, 0.6) is 10.9 Å². The molecule has 0 aliphatic rings. The van der Waals surface area contributed by atoms with Crippen molar-refractivity contribution in [1.82, 2.24) is 20.2 Å². The Hall–Kier alpha value is -3.96. The number of benzene rings is 1. The third kappa shape index (κ3) is 5.64. The molecular formula is C25H24FN5O4S. The summed E-state index contributed by atoms with van der Waals surface area (Å²) in [4.78, 5) is 21.7. The minimum atomic E-state index is -0.518. The van der Waals surface area contributed by atoms with Gasteiger partial charge in [0.25, 0.3) is 11.1 Å². The van der Waals surface area contributed by atoms with E-state index in [2.05, 4.69) is 25.5 Å². The van der Waals surface area contributed by atoms with E-state index in [1.54, 1.807) is 32.4 Å². The molecule has 1 atom stereocenters. The monoisotopic (exact) mass is 509 g/mol. The van der Waals surface area contributed by atoms with Crippen LogP contribution in [0.15, 0.2) is 48.8 Å². The van der Waals surface area contributed by atoms with Crippen molar-refractivity contribution < 1.29 is 23.4 Å². The van der Waals surface area contributed by atoms with Crippen LogP contribution in [0, 0.1) is 12.7 Å². The van der Waals surface area contributed by atoms with E-state index in [-0.39, 0.29) is 34.2 Å². The molecule has 0 saturated heterocycles. The number of amides is 1. The van der Waals surface area contributed by atoms with Gasteiger partial charge in [0.15, 0.2) is 0 Å². The molecule has 4 aromatic rings. The molecule has 0 aliphatic heterocycles. The largest absolute Gasteiger partial charge is 0.496 e. The number of nitrogens with one attached hydrogen (secondary N) is 1. The molecule has 36 heavy (non-hydrogen) atoms. The van der Waals surface area contributed by atoms with Crippen LogP contribution in [0.1, 0.15) is 40.3 Å². The molecule has 4 rings (SSSR count). The lowest BCUT2D eigenvalue weighted by Gasteiger charge is -2.14. The minimum absolute atomic E-state index is 0.0504. The second-order valence-electron chi connectivity index (χ2n) is 7.77. The first kappa shape index (κ1) is 25.1. The van der Waals surface area contributed by atoms with E-state index in [4.69, 9.17) is 14.2 Å². The quantitative estimate of drug-likeness (QED) is 0.336. The zero-order valence-electron chi connectivity index (χ0n) is 20.1. The van der Waals surface area contributed by atoms with Gasteiger partial charge in [-0.3, -0.25) is 20.1 Å². The third-order valence-electron chi connectivity index (χ3n) is 5.39. The highest BCUT2D eigenvalue weighted by molar-refractivity contribution is 7.17. The molecule has 0 fully saturated rings. The molecule has 3 aromatic heterocycles. The molecule has 0 aliphatic carbocycles. The molecule has 1 aromatic carbocycles. The average molecular weight is 510 g/mol. The SMILES string of the molecule is COc1cccc(F)c1-c1cc(C)ncc1C(=O)Nc1nnc(OCc2ccc([C@H](C)OC)cn2)s1. The van der Waals surface area contributed by atoms with Gasteiger partial charge in [0.1, 0.15) is 18.2 Å². The molecule has 0 radical (unpaired) electrons. The highest BCUT2D eigenvalue weighted by Crippen LogP contribution is 2.35. The third-order valence-corrected chi connectivity index (χ3v) is 6.14. The molecule has 0 saturated carbocycles. The number of ether oxygens (including phenoxy) is 3. The Kier molecular flexibility index (Phi) is 7.81. The number of aryl methyl sites for hydroxylation is 1. The predicted molar refractivity (Wildman–Crippen MR) is 133 cm³/mol. The van der Waals surface area contributed by atoms with Crippen LogP contribution in [-0.4, -0.2) is 40.3 Å². The second kappa shape index (κ2) is 11.2. The van der Waals surface area contributed by atoms with Crippen molar-refractivity contribution >= 4 is 22.4 Å². The summed E-state index contributed by atoms with van der Waals surface area (Å²) in [7, 11) is 3.08. The molecule has 3 heterocycles. The number of methoxy groups -OCH3 is 2. The van der Waals surface area contributed by atoms with E-state index in [0.717, 1.165) is 16.9 Å². The number of hydrogen-bond acceptors (Lipinski definition) is 9. The van der Waals surface area contributed by atoms with Gasteiger partial charge in [0.05, 0.1) is 30.0 Å². The molecule has 9 nitrogen and oxygen atoms in total. The normalized spacial score (nSPS) is 11.7. The van der Waals surface area contributed by atoms with Crippen molar-refractivity contribution in [3.05, 3.63) is 77.1 Å². The van der Waals surface area contributed by atoms with Crippen LogP contribution in [0.25, 0.3) is 11.1 Å². The highest BCUT2D eigenvalue weighted by atomic mass is 32.1. The number of anilines is 1. The van der Waals surface area contributed by atoms with Gasteiger partial charge in [0.2, 0.25) is 5.13 Å². The van der Waals surface area contributed by atoms with Gasteiger partial charge in [-0.15, -0.1) is 5.10 Å². The molecule has 0 spiro atoms. The number of aromatic nitrogens is 4. The van der Waals surface area contributed by atoms with Crippen LogP contribution in [0.4, 0.5) is 9.52 Å². The summed E-state index contributed by atoms with van der Waals surface area (Å²) in [5, 5.41) is 11.1. The molecule has 186 valence electrons. The summed E-state index contributed by atoms with van der Waals surface area (Å²) in [6.07, 6.45) is 3.08. The van der Waals surface area contributed by atoms with Gasteiger partial charge < -0.3 is 14.2 Å². The number of pyridine rings is 2. The predicted octanol–water partition coefficient (Wildman–Crippen LogP) is 4.99. The first-order chi connectivity index (χ1) is 17.4. The Morgan fingerprint density at radius 3 is 2.69 bits per heavy atom. The Morgan fingerprint density at radius 2 is 1.97 bits per heavy atom. The number of carbonyl (C=O) groups excluding carboxylic acids is 1. The first-order valence-corrected chi connectivity index (χ1v) is 11.8. The number of rotatable bonds is 9. The van der Waals surface area contributed by atoms with E-state index in [0.29, 0.717) is 22.7 Å². The highest BCUT2D eigenvalue weighted by Gasteiger charge is 2.21. The van der Waals surface area contributed by atoms with Crippen LogP contribution < -0.4 is 14.8 Å². The Balaban J connectivity index is 1.48. The minimum Gasteiger partial charge on any atom is -0.496 e. The lowest BCUT2D eigenvalue weighted by atomic mass is 9.98. The number of nitrogens with zero attached hydrogens (tertiary/aromatic N) is 4. The number of carbonyl (C=O) groups is 1. The number of hydrogen-bond donors (Lipinski definition) is 1. The fourth-order valence-corrected chi connectivity index (χ4v) is 3.99. The standard InChI is InChI=1S/C25H24FN5O4S/c1-14-10-18(22-20(26)6-5-7-21(22)34-4)19(12-27-14)23(32)29-24-30-31-25(36-24)35-13-17-9-8-16(11-28-17)15(2)33-3/h5-12,15H,13H2,1-4H3,(H,29,30,32)/t15-/m0/s1. The molecule has 1 amide bonds. The van der Waals surface area contributed by atoms with Crippen molar-refractivity contribution in [3.63, 3.8) is 0 Å². The van der Waals surface area contributed by atoms with Gasteiger partial charge in [-0.1, -0.05) is 17.2 Å². The summed E-state index contributed by atoms with van der Waals surface area (Å²) in [6.45, 7) is 3.88. The van der Waals surface area contributed by atoms with Crippen molar-refractivity contribution in [1.29, 1.82) is 0 Å². The zero-order chi connectivity index (χ0) is 25.7. The van der Waals surface area contributed by atoms with Crippen LogP contribution >= 0.6 is 11.3 Å². The van der Waals surface area contributed by atoms with E-state index in [1.165, 1.54) is 25.4 Å². The average Bonchev–Trinajstić information content (AvgIpc) is 3.34. The fourth-order valence-electron chi connectivity index (χ4n) is 3.40.